The molecule has 5 nitrogen and oxygen atoms in total. The van der Waals surface area contributed by atoms with Gasteiger partial charge in [-0.2, -0.15) is 11.8 Å². The number of thioether (sulfide) groups is 1. The summed E-state index contributed by atoms with van der Waals surface area (Å²) in [5.74, 6) is 0.0763. The molecule has 6 heteroatoms. The standard InChI is InChI=1S/C15H22N2O3S/c1-11(8-9-21-3)17(2)15(20)16-13-7-5-4-6-12(13)10-14(18)19/h4-7,11H,8-10H2,1-3H3,(H,16,20)(H,18,19). The number of benzene rings is 1. The molecule has 1 aromatic carbocycles. The second-order valence-corrected chi connectivity index (χ2v) is 5.88. The number of carbonyl (C=O) groups is 2. The number of rotatable bonds is 7. The van der Waals surface area contributed by atoms with Crippen molar-refractivity contribution >= 4 is 29.4 Å². The molecule has 0 spiro atoms. The van der Waals surface area contributed by atoms with E-state index in [1.165, 1.54) is 0 Å². The molecule has 0 saturated heterocycles. The molecular formula is C15H22N2O3S. The van der Waals surface area contributed by atoms with E-state index < -0.39 is 5.97 Å². The molecule has 0 radical (unpaired) electrons. The Morgan fingerprint density at radius 1 is 1.38 bits per heavy atom. The molecule has 1 aromatic rings. The molecule has 116 valence electrons. The quantitative estimate of drug-likeness (QED) is 0.812. The van der Waals surface area contributed by atoms with Gasteiger partial charge in [-0.3, -0.25) is 4.79 Å². The summed E-state index contributed by atoms with van der Waals surface area (Å²) in [7, 11) is 1.75. The van der Waals surface area contributed by atoms with Crippen LogP contribution in [0.15, 0.2) is 24.3 Å². The van der Waals surface area contributed by atoms with Crippen molar-refractivity contribution in [3.8, 4) is 0 Å². The van der Waals surface area contributed by atoms with Crippen LogP contribution in [0.25, 0.3) is 0 Å². The number of carbonyl (C=O) groups excluding carboxylic acids is 1. The monoisotopic (exact) mass is 310 g/mol. The van der Waals surface area contributed by atoms with Gasteiger partial charge in [-0.1, -0.05) is 18.2 Å². The van der Waals surface area contributed by atoms with Crippen LogP contribution >= 0.6 is 11.8 Å². The molecular weight excluding hydrogens is 288 g/mol. The second-order valence-electron chi connectivity index (χ2n) is 4.90. The number of amides is 2. The van der Waals surface area contributed by atoms with Gasteiger partial charge in [0.1, 0.15) is 0 Å². The fraction of sp³-hybridized carbons (Fsp3) is 0.467. The van der Waals surface area contributed by atoms with Gasteiger partial charge in [0.05, 0.1) is 6.42 Å². The Kier molecular flexibility index (Phi) is 7.08. The van der Waals surface area contributed by atoms with Gasteiger partial charge in [-0.15, -0.1) is 0 Å². The van der Waals surface area contributed by atoms with E-state index in [1.54, 1.807) is 48.0 Å². The summed E-state index contributed by atoms with van der Waals surface area (Å²) in [6, 6.07) is 6.87. The van der Waals surface area contributed by atoms with Crippen molar-refractivity contribution in [3.63, 3.8) is 0 Å². The lowest BCUT2D eigenvalue weighted by Gasteiger charge is -2.25. The summed E-state index contributed by atoms with van der Waals surface area (Å²) >= 11 is 1.75. The Balaban J connectivity index is 2.72. The summed E-state index contributed by atoms with van der Waals surface area (Å²) in [5.41, 5.74) is 1.15. The smallest absolute Gasteiger partial charge is 0.321 e. The van der Waals surface area contributed by atoms with Crippen molar-refractivity contribution in [1.82, 2.24) is 4.90 Å². The van der Waals surface area contributed by atoms with Crippen molar-refractivity contribution in [2.75, 3.05) is 24.4 Å². The van der Waals surface area contributed by atoms with Crippen molar-refractivity contribution in [1.29, 1.82) is 0 Å². The van der Waals surface area contributed by atoms with Crippen molar-refractivity contribution in [2.45, 2.75) is 25.8 Å². The van der Waals surface area contributed by atoms with E-state index in [1.807, 2.05) is 13.2 Å². The van der Waals surface area contributed by atoms with Gasteiger partial charge < -0.3 is 15.3 Å². The summed E-state index contributed by atoms with van der Waals surface area (Å²) in [6.07, 6.45) is 2.85. The maximum atomic E-state index is 12.2. The molecule has 0 aliphatic heterocycles. The summed E-state index contributed by atoms with van der Waals surface area (Å²) < 4.78 is 0. The van der Waals surface area contributed by atoms with Crippen molar-refractivity contribution in [2.24, 2.45) is 0 Å². The highest BCUT2D eigenvalue weighted by Crippen LogP contribution is 2.17. The lowest BCUT2D eigenvalue weighted by atomic mass is 10.1. The molecule has 0 heterocycles. The van der Waals surface area contributed by atoms with Crippen molar-refractivity contribution in [3.05, 3.63) is 29.8 Å². The fourth-order valence-corrected chi connectivity index (χ4v) is 2.42. The predicted octanol–water partition coefficient (Wildman–Crippen LogP) is 2.92. The number of urea groups is 1. The Bertz CT molecular complexity index is 494. The first-order valence-electron chi connectivity index (χ1n) is 6.78. The lowest BCUT2D eigenvalue weighted by molar-refractivity contribution is -0.136. The number of carboxylic acid groups (broad SMARTS) is 1. The van der Waals surface area contributed by atoms with E-state index in [-0.39, 0.29) is 18.5 Å². The van der Waals surface area contributed by atoms with Crippen LogP contribution in [0.2, 0.25) is 0 Å². The first-order valence-corrected chi connectivity index (χ1v) is 8.17. The molecule has 0 fully saturated rings. The van der Waals surface area contributed by atoms with Crippen LogP contribution in [0.5, 0.6) is 0 Å². The van der Waals surface area contributed by atoms with Gasteiger partial charge >= 0.3 is 12.0 Å². The van der Waals surface area contributed by atoms with E-state index >= 15 is 0 Å². The minimum atomic E-state index is -0.918. The zero-order chi connectivity index (χ0) is 15.8. The molecule has 1 rings (SSSR count). The van der Waals surface area contributed by atoms with Gasteiger partial charge in [0.15, 0.2) is 0 Å². The van der Waals surface area contributed by atoms with Crippen LogP contribution in [0.4, 0.5) is 10.5 Å². The average Bonchev–Trinajstić information content (AvgIpc) is 2.45. The third-order valence-electron chi connectivity index (χ3n) is 3.32. The highest BCUT2D eigenvalue weighted by molar-refractivity contribution is 7.98. The first kappa shape index (κ1) is 17.4. The molecule has 0 saturated carbocycles. The second kappa shape index (κ2) is 8.56. The van der Waals surface area contributed by atoms with Crippen LogP contribution in [-0.2, 0) is 11.2 Å². The Labute approximate surface area is 129 Å². The van der Waals surface area contributed by atoms with E-state index in [4.69, 9.17) is 5.11 Å². The third kappa shape index (κ3) is 5.67. The van der Waals surface area contributed by atoms with Gasteiger partial charge in [0, 0.05) is 18.8 Å². The topological polar surface area (TPSA) is 69.6 Å². The molecule has 1 atom stereocenters. The highest BCUT2D eigenvalue weighted by atomic mass is 32.2. The van der Waals surface area contributed by atoms with E-state index in [2.05, 4.69) is 5.32 Å². The summed E-state index contributed by atoms with van der Waals surface area (Å²) in [5, 5.41) is 11.7. The number of hydrogen-bond donors (Lipinski definition) is 2. The van der Waals surface area contributed by atoms with Crippen LogP contribution in [0, 0.1) is 0 Å². The minimum Gasteiger partial charge on any atom is -0.481 e. The number of carboxylic acids is 1. The van der Waals surface area contributed by atoms with Gasteiger partial charge in [0.2, 0.25) is 0 Å². The maximum Gasteiger partial charge on any atom is 0.321 e. The number of nitrogens with one attached hydrogen (secondary N) is 1. The number of aliphatic carboxylic acids is 1. The molecule has 2 N–H and O–H groups in total. The highest BCUT2D eigenvalue weighted by Gasteiger charge is 2.17. The Hall–Kier alpha value is -1.69. The molecule has 2 amide bonds. The maximum absolute atomic E-state index is 12.2. The largest absolute Gasteiger partial charge is 0.481 e. The fourth-order valence-electron chi connectivity index (χ4n) is 1.84. The third-order valence-corrected chi connectivity index (χ3v) is 3.97. The van der Waals surface area contributed by atoms with Crippen LogP contribution in [-0.4, -0.2) is 47.1 Å². The SMILES string of the molecule is CSCCC(C)N(C)C(=O)Nc1ccccc1CC(=O)O. The van der Waals surface area contributed by atoms with E-state index in [0.29, 0.717) is 11.3 Å². The Morgan fingerprint density at radius 2 is 2.05 bits per heavy atom. The zero-order valence-corrected chi connectivity index (χ0v) is 13.4. The average molecular weight is 310 g/mol. The normalized spacial score (nSPS) is 11.8. The summed E-state index contributed by atoms with van der Waals surface area (Å²) in [6.45, 7) is 2.00. The van der Waals surface area contributed by atoms with E-state index in [0.717, 1.165) is 12.2 Å². The molecule has 1 unspecified atom stereocenters. The number of hydrogen-bond acceptors (Lipinski definition) is 3. The number of anilines is 1. The van der Waals surface area contributed by atoms with Crippen LogP contribution in [0.3, 0.4) is 0 Å². The first-order chi connectivity index (χ1) is 9.95. The van der Waals surface area contributed by atoms with E-state index in [9.17, 15) is 9.59 Å². The van der Waals surface area contributed by atoms with Gasteiger partial charge in [0.25, 0.3) is 0 Å². The van der Waals surface area contributed by atoms with Gasteiger partial charge in [-0.05, 0) is 37.0 Å². The van der Waals surface area contributed by atoms with Crippen LogP contribution in [0.1, 0.15) is 18.9 Å². The van der Waals surface area contributed by atoms with Crippen LogP contribution < -0.4 is 5.32 Å². The van der Waals surface area contributed by atoms with Crippen molar-refractivity contribution < 1.29 is 14.7 Å². The van der Waals surface area contributed by atoms with Gasteiger partial charge in [-0.25, -0.2) is 4.79 Å². The Morgan fingerprint density at radius 3 is 2.67 bits per heavy atom. The number of nitrogens with zero attached hydrogens (tertiary/aromatic N) is 1. The minimum absolute atomic E-state index is 0.109. The molecule has 0 bridgehead atoms. The lowest BCUT2D eigenvalue weighted by Crippen LogP contribution is -2.38. The molecule has 0 aliphatic carbocycles. The summed E-state index contributed by atoms with van der Waals surface area (Å²) in [4.78, 5) is 24.7. The zero-order valence-electron chi connectivity index (χ0n) is 12.6. The molecule has 21 heavy (non-hydrogen) atoms. The number of para-hydroxylation sites is 1. The predicted molar refractivity (Wildman–Crippen MR) is 87.0 cm³/mol. The molecule has 0 aromatic heterocycles. The molecule has 0 aliphatic rings.